The molecule has 17 heavy (non-hydrogen) atoms. The average molecular weight is 239 g/mol. The van der Waals surface area contributed by atoms with Gasteiger partial charge in [0.1, 0.15) is 0 Å². The number of aromatic nitrogens is 8. The molecule has 0 aliphatic heterocycles. The molecular formula is C8H17N9. The highest BCUT2D eigenvalue weighted by Crippen LogP contribution is 1.97. The first-order chi connectivity index (χ1) is 8.00. The van der Waals surface area contributed by atoms with Crippen molar-refractivity contribution in [2.45, 2.75) is 39.8 Å². The fourth-order valence-corrected chi connectivity index (χ4v) is 0.867. The van der Waals surface area contributed by atoms with Crippen molar-refractivity contribution in [2.75, 3.05) is 5.73 Å². The summed E-state index contributed by atoms with van der Waals surface area (Å²) < 4.78 is 0. The molecule has 9 nitrogen and oxygen atoms in total. The van der Waals surface area contributed by atoms with Crippen LogP contribution >= 0.6 is 0 Å². The smallest absolute Gasteiger partial charge is 0.260 e. The lowest BCUT2D eigenvalue weighted by molar-refractivity contribution is 0.455. The molecule has 9 heteroatoms. The molecule has 0 unspecified atom stereocenters. The molecule has 0 fully saturated rings. The highest BCUT2D eigenvalue weighted by Gasteiger charge is 1.99. The first-order valence-electron chi connectivity index (χ1n) is 5.28. The Morgan fingerprint density at radius 3 is 1.94 bits per heavy atom. The predicted molar refractivity (Wildman–Crippen MR) is 60.8 cm³/mol. The Morgan fingerprint density at radius 1 is 1.06 bits per heavy atom. The Morgan fingerprint density at radius 2 is 1.71 bits per heavy atom. The molecule has 0 amide bonds. The molecule has 0 aliphatic carbocycles. The monoisotopic (exact) mass is 239 g/mol. The Hall–Kier alpha value is -2.06. The minimum absolute atomic E-state index is 0.226. The topological polar surface area (TPSA) is 113 Å². The molecule has 2 rings (SSSR count). The number of hydrogen-bond donors (Lipinski definition) is 1. The third-order valence-electron chi connectivity index (χ3n) is 1.73. The Labute approximate surface area is 99.0 Å². The highest BCUT2D eigenvalue weighted by atomic mass is 15.6. The summed E-state index contributed by atoms with van der Waals surface area (Å²) in [7, 11) is 0. The van der Waals surface area contributed by atoms with Crippen molar-refractivity contribution in [1.82, 2.24) is 40.4 Å². The van der Waals surface area contributed by atoms with E-state index in [1.807, 2.05) is 27.7 Å². The summed E-state index contributed by atoms with van der Waals surface area (Å²) in [6.07, 6.45) is 1.43. The summed E-state index contributed by atoms with van der Waals surface area (Å²) in [5.74, 6) is 0.226. The molecule has 0 saturated carbocycles. The van der Waals surface area contributed by atoms with E-state index in [9.17, 15) is 0 Å². The number of tetrazole rings is 2. The second-order valence-corrected chi connectivity index (χ2v) is 3.91. The van der Waals surface area contributed by atoms with Crippen LogP contribution in [-0.4, -0.2) is 40.4 Å². The molecule has 0 aromatic carbocycles. The molecular weight excluding hydrogens is 222 g/mol. The van der Waals surface area contributed by atoms with E-state index >= 15 is 0 Å². The van der Waals surface area contributed by atoms with Crippen LogP contribution in [0.5, 0.6) is 0 Å². The Kier molecular flexibility index (Phi) is 4.49. The van der Waals surface area contributed by atoms with Crippen LogP contribution in [0.3, 0.4) is 0 Å². The number of nitrogens with zero attached hydrogens (tertiary/aromatic N) is 8. The first-order valence-corrected chi connectivity index (χ1v) is 5.28. The number of hydrogen-bond acceptors (Lipinski definition) is 7. The van der Waals surface area contributed by atoms with Crippen LogP contribution in [0.25, 0.3) is 0 Å². The van der Waals surface area contributed by atoms with Gasteiger partial charge in [0.25, 0.3) is 5.95 Å². The van der Waals surface area contributed by atoms with Crippen LogP contribution in [-0.2, 0) is 0 Å². The molecule has 0 saturated heterocycles. The third-order valence-corrected chi connectivity index (χ3v) is 1.73. The zero-order chi connectivity index (χ0) is 12.8. The predicted octanol–water partition coefficient (Wildman–Crippen LogP) is 0.0902. The Balaban J connectivity index is 0.000000171. The van der Waals surface area contributed by atoms with E-state index in [0.717, 1.165) is 0 Å². The van der Waals surface area contributed by atoms with E-state index in [-0.39, 0.29) is 12.0 Å². The zero-order valence-corrected chi connectivity index (χ0v) is 10.4. The number of nitrogen functional groups attached to an aromatic ring is 1. The van der Waals surface area contributed by atoms with Gasteiger partial charge in [-0.2, -0.15) is 9.59 Å². The molecule has 0 aliphatic rings. The van der Waals surface area contributed by atoms with Gasteiger partial charge in [0.2, 0.25) is 0 Å². The van der Waals surface area contributed by atoms with Gasteiger partial charge in [-0.1, -0.05) is 5.10 Å². The number of rotatable bonds is 2. The second kappa shape index (κ2) is 5.87. The fourth-order valence-electron chi connectivity index (χ4n) is 0.867. The van der Waals surface area contributed by atoms with Crippen LogP contribution in [0.15, 0.2) is 6.33 Å². The van der Waals surface area contributed by atoms with Crippen LogP contribution in [0.4, 0.5) is 5.95 Å². The Bertz CT molecular complexity index is 416. The first kappa shape index (κ1) is 13.0. The maximum Gasteiger partial charge on any atom is 0.260 e. The van der Waals surface area contributed by atoms with Gasteiger partial charge in [-0.15, -0.1) is 15.3 Å². The minimum atomic E-state index is 0.226. The van der Waals surface area contributed by atoms with Crippen molar-refractivity contribution in [3.63, 3.8) is 0 Å². The van der Waals surface area contributed by atoms with Gasteiger partial charge in [-0.25, -0.2) is 0 Å². The van der Waals surface area contributed by atoms with Gasteiger partial charge in [0.15, 0.2) is 6.33 Å². The van der Waals surface area contributed by atoms with Gasteiger partial charge in [0.05, 0.1) is 12.1 Å². The van der Waals surface area contributed by atoms with Gasteiger partial charge in [0, 0.05) is 0 Å². The summed E-state index contributed by atoms with van der Waals surface area (Å²) in [6, 6.07) is 0.548. The molecule has 0 spiro atoms. The molecule has 2 aromatic heterocycles. The fraction of sp³-hybridized carbons (Fsp3) is 0.750. The SMILES string of the molecule is CC(C)n1ncnn1.CC(C)n1nnc(N)n1. The third kappa shape index (κ3) is 4.13. The van der Waals surface area contributed by atoms with E-state index < -0.39 is 0 Å². The van der Waals surface area contributed by atoms with E-state index in [2.05, 4.69) is 30.8 Å². The molecule has 0 radical (unpaired) electrons. The second-order valence-electron chi connectivity index (χ2n) is 3.91. The largest absolute Gasteiger partial charge is 0.365 e. The maximum absolute atomic E-state index is 5.21. The van der Waals surface area contributed by atoms with Crippen molar-refractivity contribution < 1.29 is 0 Å². The lowest BCUT2D eigenvalue weighted by Crippen LogP contribution is -2.04. The molecule has 94 valence electrons. The standard InChI is InChI=1S/C4H9N5.C4H8N4/c1-3(2)9-7-4(5)6-8-9;1-4(2)8-6-3-5-7-8/h3H,1-2H3,(H2,5,7);3-4H,1-2H3. The van der Waals surface area contributed by atoms with E-state index in [0.29, 0.717) is 6.04 Å². The van der Waals surface area contributed by atoms with Gasteiger partial charge >= 0.3 is 0 Å². The van der Waals surface area contributed by atoms with Gasteiger partial charge in [-0.05, 0) is 38.1 Å². The maximum atomic E-state index is 5.21. The lowest BCUT2D eigenvalue weighted by Gasteiger charge is -1.97. The molecule has 2 aromatic rings. The van der Waals surface area contributed by atoms with Crippen molar-refractivity contribution in [1.29, 1.82) is 0 Å². The molecule has 2 N–H and O–H groups in total. The summed E-state index contributed by atoms with van der Waals surface area (Å²) in [5, 5.41) is 22.0. The summed E-state index contributed by atoms with van der Waals surface area (Å²) in [5.41, 5.74) is 5.21. The van der Waals surface area contributed by atoms with E-state index in [1.54, 1.807) is 4.80 Å². The van der Waals surface area contributed by atoms with Crippen molar-refractivity contribution in [2.24, 2.45) is 0 Å². The molecule has 0 atom stereocenters. The quantitative estimate of drug-likeness (QED) is 0.789. The number of anilines is 1. The van der Waals surface area contributed by atoms with Gasteiger partial charge in [-0.3, -0.25) is 0 Å². The van der Waals surface area contributed by atoms with E-state index in [4.69, 9.17) is 5.73 Å². The van der Waals surface area contributed by atoms with E-state index in [1.165, 1.54) is 11.1 Å². The number of nitrogens with two attached hydrogens (primary N) is 1. The highest BCUT2D eigenvalue weighted by molar-refractivity contribution is 5.06. The normalized spacial score (nSPS) is 10.5. The summed E-state index contributed by atoms with van der Waals surface area (Å²) in [4.78, 5) is 3.02. The minimum Gasteiger partial charge on any atom is -0.365 e. The van der Waals surface area contributed by atoms with Crippen LogP contribution in [0.1, 0.15) is 39.8 Å². The van der Waals surface area contributed by atoms with Crippen LogP contribution in [0, 0.1) is 0 Å². The molecule has 2 heterocycles. The van der Waals surface area contributed by atoms with Crippen molar-refractivity contribution >= 4 is 5.95 Å². The van der Waals surface area contributed by atoms with Crippen molar-refractivity contribution in [3.8, 4) is 0 Å². The lowest BCUT2D eigenvalue weighted by atomic mass is 10.4. The molecule has 0 bridgehead atoms. The average Bonchev–Trinajstić information content (AvgIpc) is 2.87. The van der Waals surface area contributed by atoms with Crippen LogP contribution in [0.2, 0.25) is 0 Å². The zero-order valence-electron chi connectivity index (χ0n) is 10.4. The van der Waals surface area contributed by atoms with Crippen LogP contribution < -0.4 is 5.73 Å². The summed E-state index contributed by atoms with van der Waals surface area (Å²) >= 11 is 0. The van der Waals surface area contributed by atoms with Gasteiger partial charge < -0.3 is 5.73 Å². The summed E-state index contributed by atoms with van der Waals surface area (Å²) in [6.45, 7) is 7.92. The van der Waals surface area contributed by atoms with Crippen molar-refractivity contribution in [3.05, 3.63) is 6.33 Å².